The number of carbonyl (C=O) groups excluding carboxylic acids is 2. The van der Waals surface area contributed by atoms with Crippen LogP contribution in [0.2, 0.25) is 0 Å². The number of nitro groups is 1. The molecule has 0 aliphatic carbocycles. The Kier molecular flexibility index (Phi) is 8.00. The SMILES string of the molecule is Cc1cccc(C)c1NC(=O)CSc1n[nH]c([C@@H](NC(=O)c2cccc([N+](=O)[O-])c2)C(C)C)n1. The summed E-state index contributed by atoms with van der Waals surface area (Å²) in [5.41, 5.74) is 2.78. The maximum absolute atomic E-state index is 12.7. The smallest absolute Gasteiger partial charge is 0.270 e. The molecule has 1 atom stereocenters. The topological polar surface area (TPSA) is 143 Å². The summed E-state index contributed by atoms with van der Waals surface area (Å²) in [6, 6.07) is 10.8. The fourth-order valence-corrected chi connectivity index (χ4v) is 3.92. The second-order valence-electron chi connectivity index (χ2n) is 8.11. The molecule has 10 nitrogen and oxygen atoms in total. The predicted molar refractivity (Wildman–Crippen MR) is 130 cm³/mol. The normalized spacial score (nSPS) is 11.8. The molecule has 0 saturated carbocycles. The van der Waals surface area contributed by atoms with Crippen LogP contribution in [0.15, 0.2) is 47.6 Å². The molecule has 1 heterocycles. The number of H-pyrrole nitrogens is 1. The van der Waals surface area contributed by atoms with Gasteiger partial charge in [0.05, 0.1) is 16.7 Å². The minimum atomic E-state index is -0.548. The molecule has 3 rings (SSSR count). The van der Waals surface area contributed by atoms with Crippen molar-refractivity contribution >= 4 is 35.0 Å². The van der Waals surface area contributed by atoms with Gasteiger partial charge in [-0.25, -0.2) is 4.98 Å². The number of nitrogens with one attached hydrogen (secondary N) is 3. The molecule has 178 valence electrons. The summed E-state index contributed by atoms with van der Waals surface area (Å²) >= 11 is 1.18. The number of aryl methyl sites for hydroxylation is 2. The van der Waals surface area contributed by atoms with Gasteiger partial charge in [0.1, 0.15) is 5.82 Å². The van der Waals surface area contributed by atoms with E-state index in [9.17, 15) is 19.7 Å². The Morgan fingerprint density at radius 2 is 1.82 bits per heavy atom. The quantitative estimate of drug-likeness (QED) is 0.236. The third-order valence-corrected chi connectivity index (χ3v) is 5.97. The van der Waals surface area contributed by atoms with Crippen molar-refractivity contribution in [3.8, 4) is 0 Å². The van der Waals surface area contributed by atoms with Crippen LogP contribution in [0, 0.1) is 29.9 Å². The van der Waals surface area contributed by atoms with Crippen LogP contribution in [0.3, 0.4) is 0 Å². The van der Waals surface area contributed by atoms with Crippen molar-refractivity contribution in [2.24, 2.45) is 5.92 Å². The van der Waals surface area contributed by atoms with Crippen molar-refractivity contribution in [1.29, 1.82) is 0 Å². The molecule has 34 heavy (non-hydrogen) atoms. The van der Waals surface area contributed by atoms with Gasteiger partial charge in [0.15, 0.2) is 0 Å². The fraction of sp³-hybridized carbons (Fsp3) is 0.304. The summed E-state index contributed by atoms with van der Waals surface area (Å²) in [5, 5.41) is 24.1. The van der Waals surface area contributed by atoms with Gasteiger partial charge in [-0.15, -0.1) is 5.10 Å². The highest BCUT2D eigenvalue weighted by Crippen LogP contribution is 2.24. The Bertz CT molecular complexity index is 1190. The molecule has 3 aromatic rings. The average Bonchev–Trinajstić information content (AvgIpc) is 3.27. The summed E-state index contributed by atoms with van der Waals surface area (Å²) in [5.74, 6) is -0.112. The molecule has 0 spiro atoms. The van der Waals surface area contributed by atoms with Gasteiger partial charge in [-0.1, -0.05) is 49.9 Å². The van der Waals surface area contributed by atoms with Gasteiger partial charge >= 0.3 is 0 Å². The van der Waals surface area contributed by atoms with Gasteiger partial charge in [0, 0.05) is 23.4 Å². The molecule has 11 heteroatoms. The predicted octanol–water partition coefficient (Wildman–Crippen LogP) is 4.19. The summed E-state index contributed by atoms with van der Waals surface area (Å²) in [4.78, 5) is 40.0. The highest BCUT2D eigenvalue weighted by Gasteiger charge is 2.24. The van der Waals surface area contributed by atoms with Crippen LogP contribution in [0.1, 0.15) is 47.2 Å². The number of rotatable bonds is 9. The number of benzene rings is 2. The minimum Gasteiger partial charge on any atom is -0.342 e. The van der Waals surface area contributed by atoms with Gasteiger partial charge in [-0.3, -0.25) is 24.8 Å². The number of aromatic amines is 1. The minimum absolute atomic E-state index is 0.0409. The number of para-hydroxylation sites is 1. The van der Waals surface area contributed by atoms with E-state index in [2.05, 4.69) is 25.8 Å². The summed E-state index contributed by atoms with van der Waals surface area (Å²) in [6.07, 6.45) is 0. The Labute approximate surface area is 201 Å². The lowest BCUT2D eigenvalue weighted by Crippen LogP contribution is -2.32. The molecular weight excluding hydrogens is 456 g/mol. The molecule has 1 aromatic heterocycles. The number of amides is 2. The Morgan fingerprint density at radius 3 is 2.47 bits per heavy atom. The first kappa shape index (κ1) is 24.9. The summed E-state index contributed by atoms with van der Waals surface area (Å²) < 4.78 is 0. The lowest BCUT2D eigenvalue weighted by atomic mass is 10.0. The molecule has 0 fully saturated rings. The van der Waals surface area contributed by atoms with Crippen LogP contribution in [0.4, 0.5) is 11.4 Å². The molecule has 0 saturated heterocycles. The van der Waals surface area contributed by atoms with Crippen LogP contribution in [-0.4, -0.2) is 37.7 Å². The van der Waals surface area contributed by atoms with Crippen LogP contribution < -0.4 is 10.6 Å². The first-order valence-electron chi connectivity index (χ1n) is 10.6. The lowest BCUT2D eigenvalue weighted by Gasteiger charge is -2.19. The molecule has 2 amide bonds. The highest BCUT2D eigenvalue weighted by atomic mass is 32.2. The van der Waals surface area contributed by atoms with Crippen molar-refractivity contribution in [3.05, 3.63) is 75.1 Å². The summed E-state index contributed by atoms with van der Waals surface area (Å²) in [6.45, 7) is 7.69. The van der Waals surface area contributed by atoms with E-state index < -0.39 is 16.9 Å². The van der Waals surface area contributed by atoms with E-state index in [1.165, 1.54) is 36.0 Å². The van der Waals surface area contributed by atoms with Gasteiger partial charge in [-0.2, -0.15) is 0 Å². The molecule has 0 aliphatic heterocycles. The number of anilines is 1. The van der Waals surface area contributed by atoms with Crippen LogP contribution >= 0.6 is 11.8 Å². The van der Waals surface area contributed by atoms with Crippen LogP contribution in [-0.2, 0) is 4.79 Å². The van der Waals surface area contributed by atoms with E-state index in [4.69, 9.17) is 0 Å². The van der Waals surface area contributed by atoms with Crippen LogP contribution in [0.25, 0.3) is 0 Å². The maximum Gasteiger partial charge on any atom is 0.270 e. The van der Waals surface area contributed by atoms with Crippen molar-refractivity contribution in [2.45, 2.75) is 38.9 Å². The molecule has 0 aliphatic rings. The summed E-state index contributed by atoms with van der Waals surface area (Å²) in [7, 11) is 0. The second-order valence-corrected chi connectivity index (χ2v) is 9.05. The second kappa shape index (κ2) is 10.9. The van der Waals surface area contributed by atoms with E-state index in [-0.39, 0.29) is 28.8 Å². The molecule has 0 bridgehead atoms. The van der Waals surface area contributed by atoms with E-state index >= 15 is 0 Å². The number of carbonyl (C=O) groups is 2. The Hall–Kier alpha value is -3.73. The highest BCUT2D eigenvalue weighted by molar-refractivity contribution is 7.99. The number of aromatic nitrogens is 3. The molecule has 0 unspecified atom stereocenters. The zero-order chi connectivity index (χ0) is 24.8. The van der Waals surface area contributed by atoms with Crippen molar-refractivity contribution < 1.29 is 14.5 Å². The fourth-order valence-electron chi connectivity index (χ4n) is 3.32. The van der Waals surface area contributed by atoms with E-state index in [1.807, 2.05) is 45.9 Å². The number of thioether (sulfide) groups is 1. The standard InChI is InChI=1S/C23H26N6O4S/c1-13(2)19(25-22(31)16-9-6-10-17(11-16)29(32)33)21-26-23(28-27-21)34-12-18(30)24-20-14(3)7-5-8-15(20)4/h5-11,13,19H,12H2,1-4H3,(H,24,30)(H,25,31)(H,26,27,28)/t19-/m0/s1. The number of hydrogen-bond acceptors (Lipinski definition) is 7. The van der Waals surface area contributed by atoms with Gasteiger partial charge in [0.25, 0.3) is 11.6 Å². The Balaban J connectivity index is 1.64. The number of non-ortho nitro benzene ring substituents is 1. The Morgan fingerprint density at radius 1 is 1.15 bits per heavy atom. The lowest BCUT2D eigenvalue weighted by molar-refractivity contribution is -0.384. The monoisotopic (exact) mass is 482 g/mol. The van der Waals surface area contributed by atoms with E-state index in [0.29, 0.717) is 11.0 Å². The first-order chi connectivity index (χ1) is 16.2. The van der Waals surface area contributed by atoms with Crippen molar-refractivity contribution in [1.82, 2.24) is 20.5 Å². The molecule has 0 radical (unpaired) electrons. The third-order valence-electron chi connectivity index (χ3n) is 5.13. The molecule has 2 aromatic carbocycles. The zero-order valence-corrected chi connectivity index (χ0v) is 20.1. The van der Waals surface area contributed by atoms with Gasteiger partial charge in [-0.05, 0) is 37.0 Å². The van der Waals surface area contributed by atoms with Crippen molar-refractivity contribution in [3.63, 3.8) is 0 Å². The van der Waals surface area contributed by atoms with E-state index in [0.717, 1.165) is 16.8 Å². The number of nitro benzene ring substituents is 1. The van der Waals surface area contributed by atoms with Crippen LogP contribution in [0.5, 0.6) is 0 Å². The third kappa shape index (κ3) is 6.19. The number of nitrogens with zero attached hydrogens (tertiary/aromatic N) is 3. The number of hydrogen-bond donors (Lipinski definition) is 3. The van der Waals surface area contributed by atoms with Gasteiger partial charge < -0.3 is 10.6 Å². The van der Waals surface area contributed by atoms with E-state index in [1.54, 1.807) is 0 Å². The maximum atomic E-state index is 12.7. The largest absolute Gasteiger partial charge is 0.342 e. The molecular formula is C23H26N6O4S. The average molecular weight is 483 g/mol. The zero-order valence-electron chi connectivity index (χ0n) is 19.3. The van der Waals surface area contributed by atoms with Crippen molar-refractivity contribution in [2.75, 3.05) is 11.1 Å². The molecule has 3 N–H and O–H groups in total. The van der Waals surface area contributed by atoms with Gasteiger partial charge in [0.2, 0.25) is 11.1 Å². The first-order valence-corrected chi connectivity index (χ1v) is 11.6.